The molecule has 1 heterocycles. The monoisotopic (exact) mass is 347 g/mol. The van der Waals surface area contributed by atoms with Gasteiger partial charge in [0.2, 0.25) is 5.91 Å². The summed E-state index contributed by atoms with van der Waals surface area (Å²) in [6.07, 6.45) is 1.50. The quantitative estimate of drug-likeness (QED) is 0.865. The van der Waals surface area contributed by atoms with Crippen molar-refractivity contribution in [3.8, 4) is 0 Å². The van der Waals surface area contributed by atoms with Gasteiger partial charge in [-0.3, -0.25) is 14.6 Å². The number of hydrogen-bond acceptors (Lipinski definition) is 3. The summed E-state index contributed by atoms with van der Waals surface area (Å²) in [6.45, 7) is 4.84. The van der Waals surface area contributed by atoms with Crippen molar-refractivity contribution in [2.24, 2.45) is 0 Å². The summed E-state index contributed by atoms with van der Waals surface area (Å²) in [5.41, 5.74) is 0.859. The van der Waals surface area contributed by atoms with E-state index in [2.05, 4.69) is 15.6 Å². The van der Waals surface area contributed by atoms with E-state index in [0.717, 1.165) is 0 Å². The highest BCUT2D eigenvalue weighted by molar-refractivity contribution is 5.98. The first kappa shape index (κ1) is 18.5. The highest BCUT2D eigenvalue weighted by atomic mass is 19.3. The number of nitrogens with one attached hydrogen (secondary N) is 2. The van der Waals surface area contributed by atoms with Crippen LogP contribution < -0.4 is 10.6 Å². The van der Waals surface area contributed by atoms with Crippen LogP contribution in [0.4, 0.5) is 20.2 Å². The van der Waals surface area contributed by atoms with Gasteiger partial charge in [-0.25, -0.2) is 0 Å². The molecule has 1 aromatic heterocycles. The maximum atomic E-state index is 14.4. The van der Waals surface area contributed by atoms with Crippen molar-refractivity contribution in [3.05, 3.63) is 53.3 Å². The van der Waals surface area contributed by atoms with E-state index in [-0.39, 0.29) is 23.6 Å². The Balaban J connectivity index is 2.26. The number of nitrogens with zero attached hydrogens (tertiary/aromatic N) is 1. The zero-order valence-corrected chi connectivity index (χ0v) is 14.2. The van der Waals surface area contributed by atoms with Crippen LogP contribution in [0.15, 0.2) is 36.5 Å². The summed E-state index contributed by atoms with van der Waals surface area (Å²) in [4.78, 5) is 27.2. The number of alkyl halides is 2. The van der Waals surface area contributed by atoms with Crippen LogP contribution in [0.3, 0.4) is 0 Å². The lowest BCUT2D eigenvalue weighted by Crippen LogP contribution is -2.34. The molecule has 0 radical (unpaired) electrons. The molecule has 0 aliphatic rings. The van der Waals surface area contributed by atoms with Crippen LogP contribution in [0.2, 0.25) is 0 Å². The number of hydrogen-bond donors (Lipinski definition) is 2. The van der Waals surface area contributed by atoms with Crippen molar-refractivity contribution in [2.75, 3.05) is 10.6 Å². The highest BCUT2D eigenvalue weighted by Gasteiger charge is 2.43. The second-order valence-electron chi connectivity index (χ2n) is 5.63. The van der Waals surface area contributed by atoms with Crippen LogP contribution in [0, 0.1) is 13.8 Å². The van der Waals surface area contributed by atoms with Gasteiger partial charge in [0, 0.05) is 24.0 Å². The minimum atomic E-state index is -3.78. The molecule has 0 fully saturated rings. The maximum Gasteiger partial charge on any atom is 0.366 e. The fourth-order valence-electron chi connectivity index (χ4n) is 2.21. The lowest BCUT2D eigenvalue weighted by atomic mass is 10.1. The summed E-state index contributed by atoms with van der Waals surface area (Å²) >= 11 is 0. The van der Waals surface area contributed by atoms with Crippen LogP contribution in [0.5, 0.6) is 0 Å². The molecular formula is C18H19F2N3O2. The molecular weight excluding hydrogens is 328 g/mol. The molecule has 25 heavy (non-hydrogen) atoms. The Morgan fingerprint density at radius 3 is 2.48 bits per heavy atom. The molecule has 5 nitrogen and oxygen atoms in total. The first-order valence-electron chi connectivity index (χ1n) is 7.77. The Labute approximate surface area is 144 Å². The van der Waals surface area contributed by atoms with Gasteiger partial charge >= 0.3 is 11.8 Å². The number of halogens is 2. The number of aryl methyl sites for hydroxylation is 2. The minimum Gasteiger partial charge on any atom is -0.326 e. The zero-order valence-electron chi connectivity index (χ0n) is 14.2. The van der Waals surface area contributed by atoms with Crippen molar-refractivity contribution in [1.82, 2.24) is 4.98 Å². The van der Waals surface area contributed by atoms with E-state index in [4.69, 9.17) is 0 Å². The topological polar surface area (TPSA) is 71.1 Å². The summed E-state index contributed by atoms with van der Waals surface area (Å²) < 4.78 is 28.9. The fraction of sp³-hybridized carbons (Fsp3) is 0.278. The highest BCUT2D eigenvalue weighted by Crippen LogP contribution is 2.31. The average molecular weight is 347 g/mol. The summed E-state index contributed by atoms with van der Waals surface area (Å²) in [5, 5.41) is 4.85. The molecule has 2 amide bonds. The van der Waals surface area contributed by atoms with Crippen LogP contribution >= 0.6 is 0 Å². The lowest BCUT2D eigenvalue weighted by Gasteiger charge is -2.18. The van der Waals surface area contributed by atoms with Crippen molar-refractivity contribution in [3.63, 3.8) is 0 Å². The molecule has 0 spiro atoms. The normalized spacial score (nSPS) is 11.1. The van der Waals surface area contributed by atoms with Gasteiger partial charge < -0.3 is 10.6 Å². The summed E-state index contributed by atoms with van der Waals surface area (Å²) in [5.74, 6) is -5.47. The number of carbonyl (C=O) groups is 2. The number of anilines is 2. The minimum absolute atomic E-state index is 0.201. The Bertz CT molecular complexity index is 807. The van der Waals surface area contributed by atoms with Gasteiger partial charge in [-0.1, -0.05) is 19.1 Å². The molecule has 0 atom stereocenters. The molecule has 2 rings (SSSR count). The van der Waals surface area contributed by atoms with Gasteiger partial charge in [-0.05, 0) is 43.2 Å². The molecule has 0 aliphatic carbocycles. The van der Waals surface area contributed by atoms with E-state index in [0.29, 0.717) is 11.3 Å². The Kier molecular flexibility index (Phi) is 5.46. The second-order valence-corrected chi connectivity index (χ2v) is 5.63. The van der Waals surface area contributed by atoms with Gasteiger partial charge in [0.25, 0.3) is 0 Å². The summed E-state index contributed by atoms with van der Waals surface area (Å²) in [6, 6.07) is 7.71. The zero-order chi connectivity index (χ0) is 18.6. The van der Waals surface area contributed by atoms with Crippen molar-refractivity contribution >= 4 is 23.2 Å². The molecule has 0 unspecified atom stereocenters. The third-order valence-electron chi connectivity index (χ3n) is 3.68. The predicted octanol–water partition coefficient (Wildman–Crippen LogP) is 3.78. The van der Waals surface area contributed by atoms with Gasteiger partial charge in [-0.15, -0.1) is 0 Å². The molecule has 1 aromatic carbocycles. The third kappa shape index (κ3) is 4.17. The standard InChI is InChI=1S/C18H19F2N3O2/c1-4-15(24)22-13-8-7-11(2)14(10-13)23-17(25)18(19,20)16-12(3)6-5-9-21-16/h5-10H,4H2,1-3H3,(H,22,24)(H,23,25). The fourth-order valence-corrected chi connectivity index (χ4v) is 2.21. The second kappa shape index (κ2) is 7.38. The van der Waals surface area contributed by atoms with E-state index in [1.807, 2.05) is 0 Å². The smallest absolute Gasteiger partial charge is 0.326 e. The number of amides is 2. The van der Waals surface area contributed by atoms with Crippen molar-refractivity contribution in [1.29, 1.82) is 0 Å². The molecule has 7 heteroatoms. The largest absolute Gasteiger partial charge is 0.366 e. The maximum absolute atomic E-state index is 14.4. The molecule has 0 saturated carbocycles. The lowest BCUT2D eigenvalue weighted by molar-refractivity contribution is -0.141. The van der Waals surface area contributed by atoms with Crippen LogP contribution in [-0.4, -0.2) is 16.8 Å². The third-order valence-corrected chi connectivity index (χ3v) is 3.68. The molecule has 2 aromatic rings. The van der Waals surface area contributed by atoms with Gasteiger partial charge in [0.05, 0.1) is 0 Å². The molecule has 0 saturated heterocycles. The van der Waals surface area contributed by atoms with Crippen LogP contribution in [0.25, 0.3) is 0 Å². The molecule has 0 aliphatic heterocycles. The Morgan fingerprint density at radius 2 is 1.84 bits per heavy atom. The molecule has 2 N–H and O–H groups in total. The number of benzene rings is 1. The first-order valence-corrected chi connectivity index (χ1v) is 7.77. The Hall–Kier alpha value is -2.83. The van der Waals surface area contributed by atoms with Gasteiger partial charge in [-0.2, -0.15) is 8.78 Å². The van der Waals surface area contributed by atoms with Crippen molar-refractivity contribution in [2.45, 2.75) is 33.1 Å². The molecule has 132 valence electrons. The van der Waals surface area contributed by atoms with E-state index < -0.39 is 17.5 Å². The SMILES string of the molecule is CCC(=O)Nc1ccc(C)c(NC(=O)C(F)(F)c2ncccc2C)c1. The van der Waals surface area contributed by atoms with E-state index in [9.17, 15) is 18.4 Å². The molecule has 0 bridgehead atoms. The van der Waals surface area contributed by atoms with Gasteiger partial charge in [0.1, 0.15) is 5.69 Å². The van der Waals surface area contributed by atoms with E-state index in [1.165, 1.54) is 31.3 Å². The number of rotatable bonds is 5. The number of pyridine rings is 1. The predicted molar refractivity (Wildman–Crippen MR) is 91.6 cm³/mol. The summed E-state index contributed by atoms with van der Waals surface area (Å²) in [7, 11) is 0. The van der Waals surface area contributed by atoms with Gasteiger partial charge in [0.15, 0.2) is 0 Å². The number of aromatic nitrogens is 1. The Morgan fingerprint density at radius 1 is 1.12 bits per heavy atom. The van der Waals surface area contributed by atoms with Crippen LogP contribution in [0.1, 0.15) is 30.2 Å². The van der Waals surface area contributed by atoms with E-state index >= 15 is 0 Å². The first-order chi connectivity index (χ1) is 11.8. The van der Waals surface area contributed by atoms with Crippen molar-refractivity contribution < 1.29 is 18.4 Å². The van der Waals surface area contributed by atoms with E-state index in [1.54, 1.807) is 26.0 Å². The number of carbonyl (C=O) groups excluding carboxylic acids is 2. The van der Waals surface area contributed by atoms with Crippen LogP contribution in [-0.2, 0) is 15.5 Å². The average Bonchev–Trinajstić information content (AvgIpc) is 2.57.